The number of fused-ring (bicyclic) bond motifs is 2. The van der Waals surface area contributed by atoms with Crippen molar-refractivity contribution in [2.24, 2.45) is 0 Å². The maximum atomic E-state index is 13.4. The second kappa shape index (κ2) is 9.09. The van der Waals surface area contributed by atoms with Crippen molar-refractivity contribution in [3.8, 4) is 29.4 Å². The monoisotopic (exact) mass is 462 g/mol. The molecule has 0 aliphatic rings. The van der Waals surface area contributed by atoms with Crippen LogP contribution in [0.25, 0.3) is 32.2 Å². The Hall–Kier alpha value is -4.01. The van der Waals surface area contributed by atoms with E-state index >= 15 is 0 Å². The van der Waals surface area contributed by atoms with Gasteiger partial charge in [0.2, 0.25) is 11.6 Å². The SMILES string of the molecule is C#CCOc1ccc2nc(C(=O)c3cc4ccccc4s3)nc(-c3ccc(C(C)C)cc3)c2c1. The molecule has 4 nitrogen and oxygen atoms in total. The minimum Gasteiger partial charge on any atom is -0.481 e. The van der Waals surface area contributed by atoms with Crippen LogP contribution < -0.4 is 4.74 Å². The van der Waals surface area contributed by atoms with Crippen molar-refractivity contribution in [2.75, 3.05) is 6.61 Å². The van der Waals surface area contributed by atoms with E-state index in [1.165, 1.54) is 16.9 Å². The summed E-state index contributed by atoms with van der Waals surface area (Å²) in [6, 6.07) is 23.7. The van der Waals surface area contributed by atoms with Gasteiger partial charge in [-0.1, -0.05) is 62.2 Å². The number of ketones is 1. The average molecular weight is 463 g/mol. The van der Waals surface area contributed by atoms with Gasteiger partial charge in [-0.25, -0.2) is 9.97 Å². The molecule has 0 bridgehead atoms. The van der Waals surface area contributed by atoms with Gasteiger partial charge in [0.15, 0.2) is 0 Å². The fourth-order valence-corrected chi connectivity index (χ4v) is 4.87. The maximum absolute atomic E-state index is 13.4. The van der Waals surface area contributed by atoms with Gasteiger partial charge >= 0.3 is 0 Å². The Morgan fingerprint density at radius 3 is 2.56 bits per heavy atom. The van der Waals surface area contributed by atoms with Crippen LogP contribution in [-0.4, -0.2) is 22.4 Å². The lowest BCUT2D eigenvalue weighted by molar-refractivity contribution is 0.103. The van der Waals surface area contributed by atoms with Crippen molar-refractivity contribution < 1.29 is 9.53 Å². The van der Waals surface area contributed by atoms with E-state index in [1.54, 1.807) is 0 Å². The van der Waals surface area contributed by atoms with Crippen molar-refractivity contribution in [2.45, 2.75) is 19.8 Å². The minimum absolute atomic E-state index is 0.174. The van der Waals surface area contributed by atoms with Gasteiger partial charge in [0.1, 0.15) is 12.4 Å². The zero-order valence-corrected chi connectivity index (χ0v) is 19.7. The van der Waals surface area contributed by atoms with Crippen LogP contribution in [0.15, 0.2) is 72.8 Å². The molecular formula is C29H22N2O2S. The van der Waals surface area contributed by atoms with Crippen molar-refractivity contribution in [3.05, 3.63) is 89.1 Å². The van der Waals surface area contributed by atoms with E-state index in [1.807, 2.05) is 60.7 Å². The minimum atomic E-state index is -0.184. The van der Waals surface area contributed by atoms with Crippen LogP contribution in [0.4, 0.5) is 0 Å². The third kappa shape index (κ3) is 4.16. The molecule has 166 valence electrons. The van der Waals surface area contributed by atoms with E-state index in [0.717, 1.165) is 21.0 Å². The van der Waals surface area contributed by atoms with E-state index in [9.17, 15) is 4.79 Å². The molecule has 2 aromatic heterocycles. The number of benzene rings is 3. The molecule has 0 amide bonds. The van der Waals surface area contributed by atoms with Gasteiger partial charge in [-0.2, -0.15) is 0 Å². The number of hydrogen-bond donors (Lipinski definition) is 0. The van der Waals surface area contributed by atoms with E-state index in [2.05, 4.69) is 36.9 Å². The molecule has 0 saturated carbocycles. The maximum Gasteiger partial charge on any atom is 0.240 e. The zero-order chi connectivity index (χ0) is 23.7. The van der Waals surface area contributed by atoms with Gasteiger partial charge in [0.05, 0.1) is 16.1 Å². The van der Waals surface area contributed by atoms with Gasteiger partial charge in [-0.05, 0) is 47.2 Å². The molecule has 0 saturated heterocycles. The first kappa shape index (κ1) is 21.8. The van der Waals surface area contributed by atoms with Crippen molar-refractivity contribution in [1.82, 2.24) is 9.97 Å². The number of rotatable bonds is 6. The molecule has 0 spiro atoms. The quantitative estimate of drug-likeness (QED) is 0.204. The molecule has 2 heterocycles. The third-order valence-electron chi connectivity index (χ3n) is 5.69. The summed E-state index contributed by atoms with van der Waals surface area (Å²) in [6.07, 6.45) is 5.35. The summed E-state index contributed by atoms with van der Waals surface area (Å²) in [5.41, 5.74) is 3.52. The number of ether oxygens (including phenoxy) is 1. The van der Waals surface area contributed by atoms with Crippen LogP contribution in [0.2, 0.25) is 0 Å². The molecule has 0 fully saturated rings. The van der Waals surface area contributed by atoms with Crippen molar-refractivity contribution in [1.29, 1.82) is 0 Å². The molecule has 34 heavy (non-hydrogen) atoms. The van der Waals surface area contributed by atoms with Crippen LogP contribution in [0.3, 0.4) is 0 Å². The lowest BCUT2D eigenvalue weighted by Crippen LogP contribution is -2.07. The Morgan fingerprint density at radius 1 is 1.03 bits per heavy atom. The number of hydrogen-bond acceptors (Lipinski definition) is 5. The highest BCUT2D eigenvalue weighted by Crippen LogP contribution is 2.32. The first-order valence-corrected chi connectivity index (χ1v) is 11.9. The third-order valence-corrected chi connectivity index (χ3v) is 6.81. The second-order valence-electron chi connectivity index (χ2n) is 8.32. The molecule has 5 heteroatoms. The zero-order valence-electron chi connectivity index (χ0n) is 18.9. The van der Waals surface area contributed by atoms with Crippen molar-refractivity contribution in [3.63, 3.8) is 0 Å². The molecule has 0 atom stereocenters. The Kier molecular flexibility index (Phi) is 5.83. The standard InChI is InChI=1S/C29H22N2O2S/c1-4-15-33-22-13-14-24-23(17-22)27(20-11-9-19(10-12-20)18(2)3)31-29(30-24)28(32)26-16-21-7-5-6-8-25(21)34-26/h1,5-14,16-18H,15H2,2-3H3. The topological polar surface area (TPSA) is 52.1 Å². The summed E-state index contributed by atoms with van der Waals surface area (Å²) in [5.74, 6) is 3.54. The first-order valence-electron chi connectivity index (χ1n) is 11.0. The average Bonchev–Trinajstić information content (AvgIpc) is 3.30. The Labute approximate surface area is 202 Å². The fraction of sp³-hybridized carbons (Fsp3) is 0.138. The number of nitrogens with zero attached hydrogens (tertiary/aromatic N) is 2. The number of aromatic nitrogens is 2. The molecule has 0 unspecified atom stereocenters. The number of carbonyl (C=O) groups is 1. The van der Waals surface area contributed by atoms with Gasteiger partial charge in [-0.15, -0.1) is 17.8 Å². The summed E-state index contributed by atoms with van der Waals surface area (Å²) >= 11 is 1.46. The molecule has 0 aliphatic carbocycles. The lowest BCUT2D eigenvalue weighted by Gasteiger charge is -2.11. The van der Waals surface area contributed by atoms with Crippen LogP contribution in [0.1, 0.15) is 40.8 Å². The Morgan fingerprint density at radius 2 is 1.82 bits per heavy atom. The van der Waals surface area contributed by atoms with Crippen LogP contribution in [0.5, 0.6) is 5.75 Å². The highest BCUT2D eigenvalue weighted by Gasteiger charge is 2.19. The molecule has 0 aliphatic heterocycles. The van der Waals surface area contributed by atoms with E-state index in [-0.39, 0.29) is 18.2 Å². The summed E-state index contributed by atoms with van der Waals surface area (Å²) < 4.78 is 6.69. The van der Waals surface area contributed by atoms with Gasteiger partial charge in [0, 0.05) is 15.6 Å². The summed E-state index contributed by atoms with van der Waals surface area (Å²) in [7, 11) is 0. The molecule has 0 radical (unpaired) electrons. The largest absolute Gasteiger partial charge is 0.481 e. The lowest BCUT2D eigenvalue weighted by atomic mass is 9.99. The molecular weight excluding hydrogens is 440 g/mol. The highest BCUT2D eigenvalue weighted by molar-refractivity contribution is 7.21. The first-order chi connectivity index (χ1) is 16.5. The van der Waals surface area contributed by atoms with E-state index in [0.29, 0.717) is 27.8 Å². The van der Waals surface area contributed by atoms with E-state index < -0.39 is 0 Å². The van der Waals surface area contributed by atoms with Crippen molar-refractivity contribution >= 4 is 38.1 Å². The predicted molar refractivity (Wildman–Crippen MR) is 139 cm³/mol. The molecule has 5 rings (SSSR count). The number of terminal acetylenes is 1. The number of thiophene rings is 1. The van der Waals surface area contributed by atoms with E-state index in [4.69, 9.17) is 16.1 Å². The normalized spacial score (nSPS) is 11.1. The van der Waals surface area contributed by atoms with Crippen LogP contribution in [-0.2, 0) is 0 Å². The summed E-state index contributed by atoms with van der Waals surface area (Å²) in [6.45, 7) is 4.49. The smallest absolute Gasteiger partial charge is 0.240 e. The summed E-state index contributed by atoms with van der Waals surface area (Å²) in [5, 5.41) is 1.84. The second-order valence-corrected chi connectivity index (χ2v) is 9.41. The van der Waals surface area contributed by atoms with Crippen LogP contribution >= 0.6 is 11.3 Å². The van der Waals surface area contributed by atoms with Gasteiger partial charge in [-0.3, -0.25) is 4.79 Å². The van der Waals surface area contributed by atoms with Gasteiger partial charge < -0.3 is 4.74 Å². The molecule has 3 aromatic carbocycles. The Balaban J connectivity index is 1.65. The Bertz CT molecular complexity index is 1530. The number of carbonyl (C=O) groups excluding carboxylic acids is 1. The fourth-order valence-electron chi connectivity index (χ4n) is 3.87. The van der Waals surface area contributed by atoms with Crippen LogP contribution in [0, 0.1) is 12.3 Å². The molecule has 5 aromatic rings. The molecule has 0 N–H and O–H groups in total. The highest BCUT2D eigenvalue weighted by atomic mass is 32.1. The summed E-state index contributed by atoms with van der Waals surface area (Å²) in [4.78, 5) is 23.4. The predicted octanol–water partition coefficient (Wildman–Crippen LogP) is 6.88. The van der Waals surface area contributed by atoms with Gasteiger partial charge in [0.25, 0.3) is 0 Å².